The summed E-state index contributed by atoms with van der Waals surface area (Å²) >= 11 is 1.19. The minimum Gasteiger partial charge on any atom is -0.355 e. The molecule has 1 aliphatic rings. The van der Waals surface area contributed by atoms with Crippen molar-refractivity contribution in [3.05, 3.63) is 17.5 Å². The fourth-order valence-corrected chi connectivity index (χ4v) is 5.19. The van der Waals surface area contributed by atoms with Gasteiger partial charge in [0, 0.05) is 13.1 Å². The molecule has 1 amide bonds. The van der Waals surface area contributed by atoms with Gasteiger partial charge in [-0.25, -0.2) is 8.42 Å². The van der Waals surface area contributed by atoms with Gasteiger partial charge in [0.1, 0.15) is 10.3 Å². The van der Waals surface area contributed by atoms with Crippen molar-refractivity contribution in [2.75, 3.05) is 26.7 Å². The number of halogens is 1. The van der Waals surface area contributed by atoms with E-state index in [9.17, 15) is 13.2 Å². The molecule has 0 radical (unpaired) electrons. The minimum absolute atomic E-state index is 0. The molecule has 1 unspecified atom stereocenters. The largest absolute Gasteiger partial charge is 0.355 e. The van der Waals surface area contributed by atoms with Crippen molar-refractivity contribution in [1.29, 1.82) is 0 Å². The zero-order valence-corrected chi connectivity index (χ0v) is 14.9. The molecule has 1 aromatic heterocycles. The monoisotopic (exact) mass is 367 g/mol. The maximum Gasteiger partial charge on any atom is 0.253 e. The molecule has 0 aliphatic carbocycles. The Morgan fingerprint density at radius 2 is 2.23 bits per heavy atom. The highest BCUT2D eigenvalue weighted by molar-refractivity contribution is 7.91. The highest BCUT2D eigenvalue weighted by Gasteiger charge is 2.39. The molecule has 1 saturated heterocycles. The van der Waals surface area contributed by atoms with Crippen LogP contribution >= 0.6 is 23.7 Å². The van der Waals surface area contributed by atoms with Crippen LogP contribution in [0.2, 0.25) is 0 Å². The number of sulfonamides is 1. The summed E-state index contributed by atoms with van der Waals surface area (Å²) in [6, 6.07) is 2.72. The lowest BCUT2D eigenvalue weighted by Crippen LogP contribution is -2.46. The molecule has 2 heterocycles. The lowest BCUT2D eigenvalue weighted by molar-refractivity contribution is -0.124. The summed E-state index contributed by atoms with van der Waals surface area (Å²) in [5.74, 6) is -0.191. The van der Waals surface area contributed by atoms with Crippen LogP contribution in [-0.4, -0.2) is 51.4 Å². The van der Waals surface area contributed by atoms with Gasteiger partial charge in [0.2, 0.25) is 5.91 Å². The van der Waals surface area contributed by atoms with Crippen LogP contribution in [0.4, 0.5) is 0 Å². The predicted molar refractivity (Wildman–Crippen MR) is 90.0 cm³/mol. The van der Waals surface area contributed by atoms with Crippen molar-refractivity contribution in [3.8, 4) is 0 Å². The predicted octanol–water partition coefficient (Wildman–Crippen LogP) is 1.05. The first-order chi connectivity index (χ1) is 10.1. The number of thiophene rings is 1. The SMILES string of the molecule is CNCCCNC(=O)C1CCCN1S(=O)(=O)c1cccs1.Cl. The zero-order chi connectivity index (χ0) is 15.3. The van der Waals surface area contributed by atoms with E-state index in [-0.39, 0.29) is 18.3 Å². The smallest absolute Gasteiger partial charge is 0.253 e. The first-order valence-electron chi connectivity index (χ1n) is 7.05. The summed E-state index contributed by atoms with van der Waals surface area (Å²) in [4.78, 5) is 12.2. The van der Waals surface area contributed by atoms with Crippen LogP contribution in [0.3, 0.4) is 0 Å². The van der Waals surface area contributed by atoms with Gasteiger partial charge in [0.15, 0.2) is 0 Å². The zero-order valence-electron chi connectivity index (χ0n) is 12.4. The second-order valence-corrected chi connectivity index (χ2v) is 8.02. The minimum atomic E-state index is -3.55. The first kappa shape index (κ1) is 19.4. The van der Waals surface area contributed by atoms with Gasteiger partial charge < -0.3 is 10.6 Å². The highest BCUT2D eigenvalue weighted by Crippen LogP contribution is 2.28. The molecular weight excluding hydrogens is 346 g/mol. The number of hydrogen-bond acceptors (Lipinski definition) is 5. The van der Waals surface area contributed by atoms with Gasteiger partial charge in [0.25, 0.3) is 10.0 Å². The standard InChI is InChI=1S/C13H21N3O3S2.ClH/c1-14-7-4-8-15-13(17)11-5-2-9-16(11)21(18,19)12-6-3-10-20-12;/h3,6,10-11,14H,2,4-5,7-9H2,1H3,(H,15,17);1H. The molecule has 1 aromatic rings. The summed E-state index contributed by atoms with van der Waals surface area (Å²) in [5, 5.41) is 7.56. The van der Waals surface area contributed by atoms with Gasteiger partial charge in [-0.3, -0.25) is 4.79 Å². The molecule has 2 rings (SSSR count). The van der Waals surface area contributed by atoms with Crippen LogP contribution in [-0.2, 0) is 14.8 Å². The van der Waals surface area contributed by atoms with Crippen molar-refractivity contribution < 1.29 is 13.2 Å². The highest BCUT2D eigenvalue weighted by atomic mass is 35.5. The average Bonchev–Trinajstić information content (AvgIpc) is 3.13. The molecule has 9 heteroatoms. The molecule has 126 valence electrons. The molecule has 0 spiro atoms. The van der Waals surface area contributed by atoms with Gasteiger partial charge in [-0.1, -0.05) is 6.07 Å². The van der Waals surface area contributed by atoms with E-state index in [1.54, 1.807) is 17.5 Å². The fourth-order valence-electron chi connectivity index (χ4n) is 2.41. The lowest BCUT2D eigenvalue weighted by atomic mass is 10.2. The van der Waals surface area contributed by atoms with Crippen LogP contribution in [0.1, 0.15) is 19.3 Å². The van der Waals surface area contributed by atoms with Crippen molar-refractivity contribution in [2.24, 2.45) is 0 Å². The number of hydrogen-bond donors (Lipinski definition) is 2. The van der Waals surface area contributed by atoms with Crippen molar-refractivity contribution in [3.63, 3.8) is 0 Å². The van der Waals surface area contributed by atoms with Gasteiger partial charge in [-0.2, -0.15) is 4.31 Å². The molecular formula is C13H22ClN3O3S2. The van der Waals surface area contributed by atoms with Crippen LogP contribution < -0.4 is 10.6 Å². The lowest BCUT2D eigenvalue weighted by Gasteiger charge is -2.22. The number of nitrogens with one attached hydrogen (secondary N) is 2. The molecule has 22 heavy (non-hydrogen) atoms. The Bertz CT molecular complexity index is 563. The number of nitrogens with zero attached hydrogens (tertiary/aromatic N) is 1. The van der Waals surface area contributed by atoms with Crippen LogP contribution in [0, 0.1) is 0 Å². The second-order valence-electron chi connectivity index (χ2n) is 4.95. The van der Waals surface area contributed by atoms with Crippen molar-refractivity contribution >= 4 is 39.7 Å². The Morgan fingerprint density at radius 1 is 1.45 bits per heavy atom. The molecule has 1 atom stereocenters. The van der Waals surface area contributed by atoms with Gasteiger partial charge >= 0.3 is 0 Å². The third-order valence-corrected chi connectivity index (χ3v) is 6.75. The van der Waals surface area contributed by atoms with Gasteiger partial charge in [0.05, 0.1) is 0 Å². The van der Waals surface area contributed by atoms with E-state index in [4.69, 9.17) is 0 Å². The van der Waals surface area contributed by atoms with Crippen molar-refractivity contribution in [1.82, 2.24) is 14.9 Å². The van der Waals surface area contributed by atoms with Crippen LogP contribution in [0.25, 0.3) is 0 Å². The average molecular weight is 368 g/mol. The van der Waals surface area contributed by atoms with E-state index >= 15 is 0 Å². The topological polar surface area (TPSA) is 78.5 Å². The summed E-state index contributed by atoms with van der Waals surface area (Å²) in [6.45, 7) is 1.79. The summed E-state index contributed by atoms with van der Waals surface area (Å²) in [6.07, 6.45) is 2.13. The van der Waals surface area contributed by atoms with E-state index in [0.717, 1.165) is 19.4 Å². The summed E-state index contributed by atoms with van der Waals surface area (Å²) < 4.78 is 26.7. The summed E-state index contributed by atoms with van der Waals surface area (Å²) in [7, 11) is -1.69. The van der Waals surface area contributed by atoms with Crippen LogP contribution in [0.5, 0.6) is 0 Å². The van der Waals surface area contributed by atoms with Crippen molar-refractivity contribution in [2.45, 2.75) is 29.5 Å². The Kier molecular flexibility index (Phi) is 7.78. The van der Waals surface area contributed by atoms with E-state index in [1.165, 1.54) is 15.6 Å². The molecule has 0 saturated carbocycles. The van der Waals surface area contributed by atoms with Gasteiger partial charge in [-0.15, -0.1) is 23.7 Å². The Balaban J connectivity index is 0.00000242. The van der Waals surface area contributed by atoms with Crippen LogP contribution in [0.15, 0.2) is 21.7 Å². The van der Waals surface area contributed by atoms with E-state index in [0.29, 0.717) is 23.7 Å². The normalized spacial score (nSPS) is 18.9. The number of rotatable bonds is 7. The Labute approximate surface area is 141 Å². The van der Waals surface area contributed by atoms with E-state index < -0.39 is 16.1 Å². The van der Waals surface area contributed by atoms with E-state index in [2.05, 4.69) is 10.6 Å². The number of carbonyl (C=O) groups excluding carboxylic acids is 1. The van der Waals surface area contributed by atoms with E-state index in [1.807, 2.05) is 7.05 Å². The van der Waals surface area contributed by atoms with Gasteiger partial charge in [-0.05, 0) is 44.3 Å². The number of amides is 1. The molecule has 0 bridgehead atoms. The third kappa shape index (κ3) is 4.42. The molecule has 1 aliphatic heterocycles. The molecule has 6 nitrogen and oxygen atoms in total. The fraction of sp³-hybridized carbons (Fsp3) is 0.615. The third-order valence-electron chi connectivity index (χ3n) is 3.47. The molecule has 1 fully saturated rings. The maximum atomic E-state index is 12.5. The summed E-state index contributed by atoms with van der Waals surface area (Å²) in [5.41, 5.74) is 0. The quantitative estimate of drug-likeness (QED) is 0.706. The molecule has 0 aromatic carbocycles. The second kappa shape index (κ2) is 8.83. The molecule has 2 N–H and O–H groups in total. The maximum absolute atomic E-state index is 12.5. The first-order valence-corrected chi connectivity index (χ1v) is 9.37. The number of carbonyl (C=O) groups is 1. The Hall–Kier alpha value is -0.670. The Morgan fingerprint density at radius 3 is 2.86 bits per heavy atom.